The zero-order valence-corrected chi connectivity index (χ0v) is 9.78. The highest BCUT2D eigenvalue weighted by Crippen LogP contribution is 2.34. The molecule has 0 atom stereocenters. The summed E-state index contributed by atoms with van der Waals surface area (Å²) in [6, 6.07) is 7.39. The number of halogens is 1. The second-order valence-electron chi connectivity index (χ2n) is 4.00. The molecule has 0 bridgehead atoms. The number of benzene rings is 1. The fourth-order valence-corrected chi connectivity index (χ4v) is 1.94. The highest BCUT2D eigenvalue weighted by molar-refractivity contribution is 6.33. The fraction of sp³-hybridized carbons (Fsp3) is 0.417. The summed E-state index contributed by atoms with van der Waals surface area (Å²) in [5, 5.41) is 0.602. The molecule has 2 N–H and O–H groups in total. The Kier molecular flexibility index (Phi) is 3.46. The van der Waals surface area contributed by atoms with Gasteiger partial charge in [-0.3, -0.25) is 4.79 Å². The van der Waals surface area contributed by atoms with Gasteiger partial charge in [-0.25, -0.2) is 0 Å². The lowest BCUT2D eigenvalue weighted by Crippen LogP contribution is -2.36. The number of para-hydroxylation sites is 1. The second-order valence-corrected chi connectivity index (χ2v) is 4.41. The summed E-state index contributed by atoms with van der Waals surface area (Å²) in [5.41, 5.74) is 6.31. The summed E-state index contributed by atoms with van der Waals surface area (Å²) in [6.45, 7) is 0.975. The van der Waals surface area contributed by atoms with Crippen molar-refractivity contribution in [3.05, 3.63) is 29.3 Å². The van der Waals surface area contributed by atoms with Gasteiger partial charge in [0, 0.05) is 19.0 Å². The van der Waals surface area contributed by atoms with Crippen LogP contribution >= 0.6 is 11.6 Å². The van der Waals surface area contributed by atoms with Gasteiger partial charge in [0.2, 0.25) is 5.91 Å². The molecule has 0 unspecified atom stereocenters. The van der Waals surface area contributed by atoms with E-state index >= 15 is 0 Å². The van der Waals surface area contributed by atoms with E-state index in [0.717, 1.165) is 18.5 Å². The van der Waals surface area contributed by atoms with Gasteiger partial charge in [0.1, 0.15) is 0 Å². The van der Waals surface area contributed by atoms with E-state index in [4.69, 9.17) is 17.3 Å². The van der Waals surface area contributed by atoms with Crippen molar-refractivity contribution in [3.63, 3.8) is 0 Å². The molecule has 16 heavy (non-hydrogen) atoms. The third kappa shape index (κ3) is 2.36. The molecule has 0 heterocycles. The molecule has 0 spiro atoms. The summed E-state index contributed by atoms with van der Waals surface area (Å²) >= 11 is 6.09. The van der Waals surface area contributed by atoms with E-state index in [9.17, 15) is 4.79 Å². The largest absolute Gasteiger partial charge is 0.329 e. The topological polar surface area (TPSA) is 46.3 Å². The first-order valence-electron chi connectivity index (χ1n) is 5.50. The molecule has 4 heteroatoms. The molecule has 3 nitrogen and oxygen atoms in total. The maximum Gasteiger partial charge on any atom is 0.230 e. The van der Waals surface area contributed by atoms with Gasteiger partial charge in [-0.05, 0) is 25.0 Å². The van der Waals surface area contributed by atoms with Crippen LogP contribution in [0, 0.1) is 5.92 Å². The fourth-order valence-electron chi connectivity index (χ4n) is 1.70. The van der Waals surface area contributed by atoms with Crippen molar-refractivity contribution in [3.8, 4) is 0 Å². The molecule has 1 saturated carbocycles. The van der Waals surface area contributed by atoms with Crippen molar-refractivity contribution in [1.82, 2.24) is 0 Å². The van der Waals surface area contributed by atoms with Gasteiger partial charge in [-0.15, -0.1) is 0 Å². The Labute approximate surface area is 100 Å². The van der Waals surface area contributed by atoms with E-state index in [2.05, 4.69) is 0 Å². The summed E-state index contributed by atoms with van der Waals surface area (Å²) in [4.78, 5) is 13.8. The molecular formula is C12H15ClN2O. The van der Waals surface area contributed by atoms with E-state index < -0.39 is 0 Å². The molecule has 1 aliphatic rings. The number of nitrogens with zero attached hydrogens (tertiary/aromatic N) is 1. The van der Waals surface area contributed by atoms with Crippen LogP contribution in [0.25, 0.3) is 0 Å². The number of hydrogen-bond acceptors (Lipinski definition) is 2. The van der Waals surface area contributed by atoms with Crippen molar-refractivity contribution in [2.24, 2.45) is 11.7 Å². The van der Waals surface area contributed by atoms with Gasteiger partial charge in [0.25, 0.3) is 0 Å². The van der Waals surface area contributed by atoms with Crippen LogP contribution in [0.1, 0.15) is 12.8 Å². The molecule has 1 fully saturated rings. The number of carbonyl (C=O) groups is 1. The van der Waals surface area contributed by atoms with E-state index in [1.54, 1.807) is 11.0 Å². The average molecular weight is 239 g/mol. The van der Waals surface area contributed by atoms with Crippen LogP contribution in [-0.2, 0) is 4.79 Å². The standard InChI is InChI=1S/C12H15ClN2O/c13-10-3-1-2-4-11(10)15(8-7-14)12(16)9-5-6-9/h1-4,9H,5-8,14H2. The van der Waals surface area contributed by atoms with Crippen LogP contribution in [-0.4, -0.2) is 19.0 Å². The monoisotopic (exact) mass is 238 g/mol. The minimum absolute atomic E-state index is 0.151. The van der Waals surface area contributed by atoms with Crippen LogP contribution < -0.4 is 10.6 Å². The number of rotatable bonds is 4. The number of amides is 1. The summed E-state index contributed by atoms with van der Waals surface area (Å²) in [5.74, 6) is 0.335. The predicted octanol–water partition coefficient (Wildman–Crippen LogP) is 2.04. The summed E-state index contributed by atoms with van der Waals surface area (Å²) < 4.78 is 0. The van der Waals surface area contributed by atoms with Gasteiger partial charge in [-0.1, -0.05) is 23.7 Å². The van der Waals surface area contributed by atoms with Crippen molar-refractivity contribution in [2.45, 2.75) is 12.8 Å². The van der Waals surface area contributed by atoms with Gasteiger partial charge in [0.05, 0.1) is 10.7 Å². The lowest BCUT2D eigenvalue weighted by atomic mass is 10.2. The first kappa shape index (κ1) is 11.4. The molecule has 86 valence electrons. The maximum atomic E-state index is 12.1. The highest BCUT2D eigenvalue weighted by atomic mass is 35.5. The van der Waals surface area contributed by atoms with E-state index in [0.29, 0.717) is 18.1 Å². The quantitative estimate of drug-likeness (QED) is 0.873. The predicted molar refractivity (Wildman–Crippen MR) is 65.6 cm³/mol. The molecule has 1 amide bonds. The van der Waals surface area contributed by atoms with E-state index in [1.165, 1.54) is 0 Å². The van der Waals surface area contributed by atoms with Crippen molar-refractivity contribution in [2.75, 3.05) is 18.0 Å². The number of carbonyl (C=O) groups excluding carboxylic acids is 1. The van der Waals surface area contributed by atoms with Crippen LogP contribution in [0.5, 0.6) is 0 Å². The van der Waals surface area contributed by atoms with Crippen LogP contribution in [0.15, 0.2) is 24.3 Å². The number of anilines is 1. The second kappa shape index (κ2) is 4.85. The van der Waals surface area contributed by atoms with Gasteiger partial charge in [-0.2, -0.15) is 0 Å². The maximum absolute atomic E-state index is 12.1. The summed E-state index contributed by atoms with van der Waals surface area (Å²) in [7, 11) is 0. The smallest absolute Gasteiger partial charge is 0.230 e. The number of nitrogens with two attached hydrogens (primary N) is 1. The molecular weight excluding hydrogens is 224 g/mol. The third-order valence-corrected chi connectivity index (χ3v) is 3.01. The Morgan fingerprint density at radius 1 is 1.44 bits per heavy atom. The van der Waals surface area contributed by atoms with Crippen molar-refractivity contribution < 1.29 is 4.79 Å². The average Bonchev–Trinajstić information content (AvgIpc) is 3.10. The molecule has 1 aliphatic carbocycles. The Hall–Kier alpha value is -1.06. The number of hydrogen-bond donors (Lipinski definition) is 1. The highest BCUT2D eigenvalue weighted by Gasteiger charge is 2.34. The van der Waals surface area contributed by atoms with Crippen molar-refractivity contribution in [1.29, 1.82) is 0 Å². The third-order valence-electron chi connectivity index (χ3n) is 2.69. The lowest BCUT2D eigenvalue weighted by Gasteiger charge is -2.23. The lowest BCUT2D eigenvalue weighted by molar-refractivity contribution is -0.119. The van der Waals surface area contributed by atoms with E-state index in [-0.39, 0.29) is 11.8 Å². The van der Waals surface area contributed by atoms with Crippen LogP contribution in [0.4, 0.5) is 5.69 Å². The van der Waals surface area contributed by atoms with Crippen LogP contribution in [0.3, 0.4) is 0 Å². The Bertz CT molecular complexity index is 390. The molecule has 0 saturated heterocycles. The summed E-state index contributed by atoms with van der Waals surface area (Å²) in [6.07, 6.45) is 1.98. The molecule has 2 rings (SSSR count). The first-order chi connectivity index (χ1) is 7.74. The van der Waals surface area contributed by atoms with Crippen molar-refractivity contribution >= 4 is 23.2 Å². The van der Waals surface area contributed by atoms with E-state index in [1.807, 2.05) is 18.2 Å². The molecule has 0 aromatic heterocycles. The molecule has 1 aromatic carbocycles. The normalized spacial score (nSPS) is 14.9. The van der Waals surface area contributed by atoms with Gasteiger partial charge in [0.15, 0.2) is 0 Å². The SMILES string of the molecule is NCCN(C(=O)C1CC1)c1ccccc1Cl. The van der Waals surface area contributed by atoms with Gasteiger partial charge < -0.3 is 10.6 Å². The Balaban J connectivity index is 2.24. The molecule has 0 radical (unpaired) electrons. The van der Waals surface area contributed by atoms with Gasteiger partial charge >= 0.3 is 0 Å². The zero-order valence-electron chi connectivity index (χ0n) is 9.03. The first-order valence-corrected chi connectivity index (χ1v) is 5.88. The van der Waals surface area contributed by atoms with Crippen LogP contribution in [0.2, 0.25) is 5.02 Å². The molecule has 1 aromatic rings. The zero-order chi connectivity index (χ0) is 11.5. The minimum atomic E-state index is 0.151. The minimum Gasteiger partial charge on any atom is -0.329 e. The Morgan fingerprint density at radius 3 is 2.69 bits per heavy atom. The Morgan fingerprint density at radius 2 is 2.12 bits per heavy atom. The molecule has 0 aliphatic heterocycles.